The van der Waals surface area contributed by atoms with Crippen LogP contribution in [0.5, 0.6) is 0 Å². The summed E-state index contributed by atoms with van der Waals surface area (Å²) < 4.78 is 0. The third-order valence-corrected chi connectivity index (χ3v) is 7.07. The van der Waals surface area contributed by atoms with E-state index >= 15 is 0 Å². The van der Waals surface area contributed by atoms with Crippen LogP contribution >= 0.6 is 0 Å². The fraction of sp³-hybridized carbons (Fsp3) is 0.273. The normalized spacial score (nSPS) is 10.5. The monoisotopic (exact) mass is 552 g/mol. The molecule has 5 rings (SSSR count). The molecule has 5 aromatic carbocycles. The smallest absolute Gasteiger partial charge is 0.165 e. The van der Waals surface area contributed by atoms with Gasteiger partial charge in [0.05, 0.1) is 9.52 Å². The van der Waals surface area contributed by atoms with Gasteiger partial charge in [-0.1, -0.05) is 107 Å². The minimum Gasteiger partial charge on any atom is -0.165 e. The Morgan fingerprint density at radius 2 is 1.03 bits per heavy atom. The van der Waals surface area contributed by atoms with Crippen molar-refractivity contribution < 1.29 is 26.2 Å². The Morgan fingerprint density at radius 3 is 1.37 bits per heavy atom. The molecule has 0 atom stereocenters. The summed E-state index contributed by atoms with van der Waals surface area (Å²) >= 11 is 0. The SMILES string of the molecule is C[Si]c1ccccc1.Cc1cc2c(C(C)C)cccc2[cH-]1.Cc1cc2c(C(C)C)cccc2[cH-]1.[Zr+2]. The first kappa shape index (κ1) is 29.2. The maximum Gasteiger partial charge on any atom is 2.00 e. The fourth-order valence-electron chi connectivity index (χ4n) is 4.43. The van der Waals surface area contributed by atoms with Crippen LogP contribution in [0.4, 0.5) is 0 Å². The Bertz CT molecular complexity index is 1220. The summed E-state index contributed by atoms with van der Waals surface area (Å²) in [6.07, 6.45) is 0. The third kappa shape index (κ3) is 7.99. The largest absolute Gasteiger partial charge is 2.00 e. The minimum atomic E-state index is 0. The van der Waals surface area contributed by atoms with E-state index < -0.39 is 0 Å². The Balaban J connectivity index is 0.000000188. The molecule has 0 bridgehead atoms. The molecule has 2 radical (unpaired) electrons. The van der Waals surface area contributed by atoms with Crippen LogP contribution < -0.4 is 5.19 Å². The van der Waals surface area contributed by atoms with Gasteiger partial charge in [0.15, 0.2) is 0 Å². The molecule has 178 valence electrons. The van der Waals surface area contributed by atoms with Gasteiger partial charge in [0.25, 0.3) is 0 Å². The van der Waals surface area contributed by atoms with Crippen LogP contribution in [0.25, 0.3) is 21.5 Å². The van der Waals surface area contributed by atoms with Crippen molar-refractivity contribution >= 4 is 36.3 Å². The molecule has 2 heteroatoms. The molecule has 0 aliphatic carbocycles. The Kier molecular flexibility index (Phi) is 11.6. The van der Waals surface area contributed by atoms with Crippen LogP contribution in [0.15, 0.2) is 91.0 Å². The third-order valence-electron chi connectivity index (χ3n) is 6.16. The first-order valence-electron chi connectivity index (χ1n) is 12.3. The summed E-state index contributed by atoms with van der Waals surface area (Å²) in [5.74, 6) is 1.23. The van der Waals surface area contributed by atoms with Crippen LogP contribution in [-0.2, 0) is 26.2 Å². The second-order valence-electron chi connectivity index (χ2n) is 9.69. The first-order valence-corrected chi connectivity index (χ1v) is 13.8. The van der Waals surface area contributed by atoms with E-state index in [-0.39, 0.29) is 26.2 Å². The molecule has 0 heterocycles. The van der Waals surface area contributed by atoms with E-state index in [1.54, 1.807) is 0 Å². The molecule has 0 N–H and O–H groups in total. The van der Waals surface area contributed by atoms with Gasteiger partial charge in [0, 0.05) is 0 Å². The van der Waals surface area contributed by atoms with Gasteiger partial charge in [0.1, 0.15) is 0 Å². The van der Waals surface area contributed by atoms with Gasteiger partial charge in [0.2, 0.25) is 0 Å². The van der Waals surface area contributed by atoms with E-state index in [2.05, 4.69) is 133 Å². The Labute approximate surface area is 234 Å². The topological polar surface area (TPSA) is 0 Å². The van der Waals surface area contributed by atoms with E-state index in [9.17, 15) is 0 Å². The molecular weight excluding hydrogens is 516 g/mol. The van der Waals surface area contributed by atoms with Crippen molar-refractivity contribution in [2.75, 3.05) is 0 Å². The maximum absolute atomic E-state index is 2.28. The molecule has 0 aromatic heterocycles. The fourth-order valence-corrected chi connectivity index (χ4v) is 4.96. The van der Waals surface area contributed by atoms with Gasteiger partial charge >= 0.3 is 26.2 Å². The van der Waals surface area contributed by atoms with E-state index in [0.29, 0.717) is 11.8 Å². The average molecular weight is 554 g/mol. The zero-order chi connectivity index (χ0) is 24.7. The number of rotatable bonds is 3. The second-order valence-corrected chi connectivity index (χ2v) is 10.8. The summed E-state index contributed by atoms with van der Waals surface area (Å²) in [5, 5.41) is 7.05. The maximum atomic E-state index is 2.28. The molecule has 35 heavy (non-hydrogen) atoms. The minimum absolute atomic E-state index is 0. The van der Waals surface area contributed by atoms with Gasteiger partial charge in [-0.05, 0) is 11.8 Å². The summed E-state index contributed by atoms with van der Waals surface area (Å²) in [5.41, 5.74) is 5.66. The van der Waals surface area contributed by atoms with Crippen molar-refractivity contribution in [1.82, 2.24) is 0 Å². The molecule has 0 saturated carbocycles. The molecule has 0 aliphatic rings. The van der Waals surface area contributed by atoms with Crippen molar-refractivity contribution in [2.24, 2.45) is 0 Å². The summed E-state index contributed by atoms with van der Waals surface area (Å²) in [4.78, 5) is 0. The van der Waals surface area contributed by atoms with Gasteiger partial charge < -0.3 is 0 Å². The molecule has 0 unspecified atom stereocenters. The molecule has 0 saturated heterocycles. The van der Waals surface area contributed by atoms with Crippen LogP contribution in [0, 0.1) is 13.8 Å². The number of hydrogen-bond donors (Lipinski definition) is 0. The van der Waals surface area contributed by atoms with Crippen LogP contribution in [0.3, 0.4) is 0 Å². The Morgan fingerprint density at radius 1 is 0.600 bits per heavy atom. The van der Waals surface area contributed by atoms with E-state index in [4.69, 9.17) is 0 Å². The molecule has 0 amide bonds. The van der Waals surface area contributed by atoms with Crippen molar-refractivity contribution in [2.45, 2.75) is 59.9 Å². The number of aryl methyl sites for hydroxylation is 2. The number of fused-ring (bicyclic) bond motifs is 2. The van der Waals surface area contributed by atoms with Gasteiger partial charge in [-0.15, -0.1) is 69.1 Å². The molecule has 0 nitrogen and oxygen atoms in total. The van der Waals surface area contributed by atoms with E-state index in [0.717, 1.165) is 9.52 Å². The zero-order valence-corrected chi connectivity index (χ0v) is 25.8. The molecule has 5 aromatic rings. The van der Waals surface area contributed by atoms with Crippen LogP contribution in [0.2, 0.25) is 6.55 Å². The van der Waals surface area contributed by atoms with Gasteiger partial charge in [-0.3, -0.25) is 0 Å². The zero-order valence-electron chi connectivity index (χ0n) is 22.3. The van der Waals surface area contributed by atoms with Crippen molar-refractivity contribution in [3.8, 4) is 0 Å². The van der Waals surface area contributed by atoms with Crippen molar-refractivity contribution in [1.29, 1.82) is 0 Å². The van der Waals surface area contributed by atoms with Crippen molar-refractivity contribution in [3.05, 3.63) is 113 Å². The molecule has 0 spiro atoms. The van der Waals surface area contributed by atoms with Gasteiger partial charge in [-0.25, -0.2) is 0 Å². The predicted molar refractivity (Wildman–Crippen MR) is 154 cm³/mol. The summed E-state index contributed by atoms with van der Waals surface area (Å²) in [7, 11) is 0.930. The first-order chi connectivity index (χ1) is 16.3. The van der Waals surface area contributed by atoms with Crippen molar-refractivity contribution in [3.63, 3.8) is 0 Å². The molecule has 0 aliphatic heterocycles. The van der Waals surface area contributed by atoms with Crippen LogP contribution in [0.1, 0.15) is 61.8 Å². The number of hydrogen-bond acceptors (Lipinski definition) is 0. The van der Waals surface area contributed by atoms with Crippen LogP contribution in [-0.4, -0.2) is 9.52 Å². The summed E-state index contributed by atoms with van der Waals surface area (Å²) in [6, 6.07) is 32.7. The second kappa shape index (κ2) is 13.9. The predicted octanol–water partition coefficient (Wildman–Crippen LogP) is 9.04. The van der Waals surface area contributed by atoms with Gasteiger partial charge in [-0.2, -0.15) is 12.1 Å². The molecule has 0 fully saturated rings. The quantitative estimate of drug-likeness (QED) is 0.154. The van der Waals surface area contributed by atoms with E-state index in [1.807, 2.05) is 6.07 Å². The standard InChI is InChI=1S/2C13H15.C7H8Si.Zr/c2*1-9(2)12-6-4-5-11-7-10(3)8-13(11)12;1-8-7-5-3-2-4-6-7;/h2*4-9H,1-3H3;2-6H,1H3;/q2*-1;;+2. The average Bonchev–Trinajstić information content (AvgIpc) is 3.40. The molecular formula is C33H38SiZr. The summed E-state index contributed by atoms with van der Waals surface area (Å²) in [6.45, 7) is 15.5. The Hall–Kier alpha value is -2.02. The number of benzene rings is 3. The van der Waals surface area contributed by atoms with E-state index in [1.165, 1.54) is 49.0 Å².